The quantitative estimate of drug-likeness (QED) is 0.464. The molecule has 3 heteroatoms. The Morgan fingerprint density at radius 2 is 1.71 bits per heavy atom. The summed E-state index contributed by atoms with van der Waals surface area (Å²) in [6.45, 7) is 6.26. The fraction of sp³-hybridized carbons (Fsp3) is 0.357. The molecule has 0 spiro atoms. The van der Waals surface area contributed by atoms with Crippen LogP contribution in [0.3, 0.4) is 0 Å². The molecule has 0 bridgehead atoms. The molecule has 0 fully saturated rings. The van der Waals surface area contributed by atoms with Crippen molar-refractivity contribution in [1.82, 2.24) is 4.90 Å². The van der Waals surface area contributed by atoms with E-state index in [0.717, 1.165) is 11.2 Å². The third-order valence-electron chi connectivity index (χ3n) is 2.33. The lowest BCUT2D eigenvalue weighted by molar-refractivity contribution is -0.104. The molecular formula is C14H19NOS. The standard InChI is InChI=1S/C14H19NOS/c1-10-6-11(2)14(12(3)7-10)17-13(9-16)8-15(4)5/h6-9H,1-5H3. The van der Waals surface area contributed by atoms with E-state index in [1.54, 1.807) is 0 Å². The van der Waals surface area contributed by atoms with Gasteiger partial charge in [-0.25, -0.2) is 0 Å². The topological polar surface area (TPSA) is 20.3 Å². The third-order valence-corrected chi connectivity index (χ3v) is 3.61. The van der Waals surface area contributed by atoms with E-state index in [1.807, 2.05) is 25.2 Å². The van der Waals surface area contributed by atoms with Gasteiger partial charge < -0.3 is 4.90 Å². The average molecular weight is 249 g/mol. The van der Waals surface area contributed by atoms with Gasteiger partial charge in [-0.1, -0.05) is 29.5 Å². The highest BCUT2D eigenvalue weighted by atomic mass is 32.2. The van der Waals surface area contributed by atoms with Crippen molar-refractivity contribution in [3.05, 3.63) is 39.9 Å². The highest BCUT2D eigenvalue weighted by Crippen LogP contribution is 2.32. The normalized spacial score (nSPS) is 11.5. The molecule has 0 saturated carbocycles. The number of rotatable bonds is 4. The Hall–Kier alpha value is -1.22. The van der Waals surface area contributed by atoms with Crippen LogP contribution in [0.5, 0.6) is 0 Å². The molecular weight excluding hydrogens is 230 g/mol. The van der Waals surface area contributed by atoms with Gasteiger partial charge in [-0.15, -0.1) is 0 Å². The predicted octanol–water partition coefficient (Wildman–Crippen LogP) is 3.31. The zero-order valence-corrected chi connectivity index (χ0v) is 11.9. The molecule has 2 nitrogen and oxygen atoms in total. The van der Waals surface area contributed by atoms with Crippen molar-refractivity contribution in [2.45, 2.75) is 25.7 Å². The van der Waals surface area contributed by atoms with Crippen LogP contribution in [0.2, 0.25) is 0 Å². The van der Waals surface area contributed by atoms with Crippen molar-refractivity contribution in [1.29, 1.82) is 0 Å². The maximum Gasteiger partial charge on any atom is 0.158 e. The number of benzene rings is 1. The third kappa shape index (κ3) is 3.93. The number of hydrogen-bond donors (Lipinski definition) is 0. The molecule has 0 radical (unpaired) electrons. The van der Waals surface area contributed by atoms with Crippen LogP contribution in [-0.2, 0) is 4.79 Å². The Morgan fingerprint density at radius 3 is 2.12 bits per heavy atom. The summed E-state index contributed by atoms with van der Waals surface area (Å²) in [6, 6.07) is 4.29. The Morgan fingerprint density at radius 1 is 1.18 bits per heavy atom. The Bertz CT molecular complexity index is 427. The summed E-state index contributed by atoms with van der Waals surface area (Å²) in [4.78, 5) is 14.8. The van der Waals surface area contributed by atoms with Crippen molar-refractivity contribution in [2.75, 3.05) is 14.1 Å². The Kier molecular flexibility index (Phi) is 4.82. The number of nitrogens with zero attached hydrogens (tertiary/aromatic N) is 1. The Labute approximate surface area is 108 Å². The SMILES string of the molecule is Cc1cc(C)c(SC(C=O)=CN(C)C)c(C)c1. The minimum atomic E-state index is 0.727. The van der Waals surface area contributed by atoms with E-state index in [2.05, 4.69) is 32.9 Å². The molecule has 0 aliphatic heterocycles. The fourth-order valence-electron chi connectivity index (χ4n) is 1.78. The molecule has 92 valence electrons. The number of aldehydes is 1. The van der Waals surface area contributed by atoms with Crippen molar-refractivity contribution >= 4 is 18.0 Å². The van der Waals surface area contributed by atoms with E-state index in [-0.39, 0.29) is 0 Å². The summed E-state index contributed by atoms with van der Waals surface area (Å²) in [5.74, 6) is 0. The second-order valence-electron chi connectivity index (χ2n) is 4.44. The van der Waals surface area contributed by atoms with Crippen LogP contribution in [0.25, 0.3) is 0 Å². The molecule has 0 aliphatic carbocycles. The summed E-state index contributed by atoms with van der Waals surface area (Å²) in [7, 11) is 3.83. The molecule has 0 N–H and O–H groups in total. The van der Waals surface area contributed by atoms with Crippen molar-refractivity contribution < 1.29 is 4.79 Å². The number of carbonyl (C=O) groups is 1. The number of carbonyl (C=O) groups excluding carboxylic acids is 1. The lowest BCUT2D eigenvalue weighted by atomic mass is 10.1. The van der Waals surface area contributed by atoms with Crippen molar-refractivity contribution in [3.63, 3.8) is 0 Å². The minimum Gasteiger partial charge on any atom is -0.382 e. The molecule has 0 unspecified atom stereocenters. The number of thioether (sulfide) groups is 1. The van der Waals surface area contributed by atoms with Gasteiger partial charge in [0, 0.05) is 25.2 Å². The summed E-state index contributed by atoms with van der Waals surface area (Å²) in [5, 5.41) is 0. The van der Waals surface area contributed by atoms with Crippen LogP contribution in [0.4, 0.5) is 0 Å². The highest BCUT2D eigenvalue weighted by Gasteiger charge is 2.07. The first kappa shape index (κ1) is 13.8. The van der Waals surface area contributed by atoms with Gasteiger partial charge in [-0.3, -0.25) is 4.79 Å². The summed E-state index contributed by atoms with van der Waals surface area (Å²) < 4.78 is 0. The number of allylic oxidation sites excluding steroid dienone is 1. The maximum absolute atomic E-state index is 11.0. The van der Waals surface area contributed by atoms with Gasteiger partial charge >= 0.3 is 0 Å². The van der Waals surface area contributed by atoms with Crippen LogP contribution >= 0.6 is 11.8 Å². The van der Waals surface area contributed by atoms with Gasteiger partial charge in [-0.05, 0) is 31.9 Å². The first-order valence-corrected chi connectivity index (χ1v) is 6.35. The molecule has 17 heavy (non-hydrogen) atoms. The molecule has 1 rings (SSSR count). The largest absolute Gasteiger partial charge is 0.382 e. The van der Waals surface area contributed by atoms with Crippen molar-refractivity contribution in [2.24, 2.45) is 0 Å². The van der Waals surface area contributed by atoms with Gasteiger partial charge in [-0.2, -0.15) is 0 Å². The first-order valence-electron chi connectivity index (χ1n) is 5.53. The first-order chi connectivity index (χ1) is 7.93. The minimum absolute atomic E-state index is 0.727. The average Bonchev–Trinajstić information content (AvgIpc) is 2.20. The zero-order chi connectivity index (χ0) is 13.0. The van der Waals surface area contributed by atoms with Gasteiger partial charge in [0.05, 0.1) is 4.91 Å². The van der Waals surface area contributed by atoms with Crippen LogP contribution in [0.1, 0.15) is 16.7 Å². The smallest absolute Gasteiger partial charge is 0.158 e. The van der Waals surface area contributed by atoms with E-state index >= 15 is 0 Å². The van der Waals surface area contributed by atoms with Crippen LogP contribution in [0, 0.1) is 20.8 Å². The molecule has 0 amide bonds. The van der Waals surface area contributed by atoms with E-state index < -0.39 is 0 Å². The second kappa shape index (κ2) is 5.92. The van der Waals surface area contributed by atoms with Crippen LogP contribution < -0.4 is 0 Å². The highest BCUT2D eigenvalue weighted by molar-refractivity contribution is 8.04. The predicted molar refractivity (Wildman–Crippen MR) is 74.3 cm³/mol. The summed E-state index contributed by atoms with van der Waals surface area (Å²) in [5.41, 5.74) is 3.70. The second-order valence-corrected chi connectivity index (χ2v) is 5.53. The molecule has 0 saturated heterocycles. The van der Waals surface area contributed by atoms with E-state index in [0.29, 0.717) is 0 Å². The summed E-state index contributed by atoms with van der Waals surface area (Å²) >= 11 is 1.53. The van der Waals surface area contributed by atoms with E-state index in [4.69, 9.17) is 0 Å². The van der Waals surface area contributed by atoms with Crippen LogP contribution in [-0.4, -0.2) is 25.3 Å². The zero-order valence-electron chi connectivity index (χ0n) is 11.1. The monoisotopic (exact) mass is 249 g/mol. The lowest BCUT2D eigenvalue weighted by Crippen LogP contribution is -2.02. The molecule has 0 aliphatic rings. The van der Waals surface area contributed by atoms with Crippen molar-refractivity contribution in [3.8, 4) is 0 Å². The van der Waals surface area contributed by atoms with E-state index in [9.17, 15) is 4.79 Å². The fourth-order valence-corrected chi connectivity index (χ4v) is 2.77. The van der Waals surface area contributed by atoms with E-state index in [1.165, 1.54) is 33.3 Å². The molecule has 0 aromatic heterocycles. The van der Waals surface area contributed by atoms with Gasteiger partial charge in [0.2, 0.25) is 0 Å². The molecule has 1 aromatic carbocycles. The molecule has 0 atom stereocenters. The van der Waals surface area contributed by atoms with Gasteiger partial charge in [0.1, 0.15) is 0 Å². The summed E-state index contributed by atoms with van der Waals surface area (Å²) in [6.07, 6.45) is 2.75. The Balaban J connectivity index is 3.06. The van der Waals surface area contributed by atoms with Gasteiger partial charge in [0.25, 0.3) is 0 Å². The molecule has 1 aromatic rings. The lowest BCUT2D eigenvalue weighted by Gasteiger charge is -2.12. The molecule has 0 heterocycles. The van der Waals surface area contributed by atoms with Crippen LogP contribution in [0.15, 0.2) is 28.1 Å². The maximum atomic E-state index is 11.0. The number of aryl methyl sites for hydroxylation is 3. The van der Waals surface area contributed by atoms with Gasteiger partial charge in [0.15, 0.2) is 6.29 Å². The number of hydrogen-bond acceptors (Lipinski definition) is 3.